The lowest BCUT2D eigenvalue weighted by molar-refractivity contribution is -0.122. The number of amides is 1. The van der Waals surface area contributed by atoms with Crippen molar-refractivity contribution in [3.8, 4) is 5.75 Å². The first-order valence-corrected chi connectivity index (χ1v) is 7.96. The van der Waals surface area contributed by atoms with Crippen molar-refractivity contribution in [3.63, 3.8) is 0 Å². The maximum absolute atomic E-state index is 11.7. The van der Waals surface area contributed by atoms with Gasteiger partial charge in [-0.3, -0.25) is 4.79 Å². The standard InChI is InChI=1S/C17H22N4O3/c1-9(15-20-16(21-24-15)17(3,4)5)18-11-6-7-13-12(8-11)19-14(22)10(2)23-13/h6-10,18H,1-5H3,(H,19,22)/t9-,10+/m0/s1. The van der Waals surface area contributed by atoms with Crippen LogP contribution in [0.4, 0.5) is 11.4 Å². The molecule has 2 atom stereocenters. The van der Waals surface area contributed by atoms with Gasteiger partial charge in [-0.1, -0.05) is 25.9 Å². The molecule has 0 radical (unpaired) electrons. The molecule has 0 unspecified atom stereocenters. The molecular formula is C17H22N4O3. The number of benzene rings is 1. The van der Waals surface area contributed by atoms with E-state index in [2.05, 4.69) is 20.8 Å². The molecule has 7 heteroatoms. The lowest BCUT2D eigenvalue weighted by Gasteiger charge is -2.24. The summed E-state index contributed by atoms with van der Waals surface area (Å²) in [5, 5.41) is 10.2. The highest BCUT2D eigenvalue weighted by atomic mass is 16.5. The Labute approximate surface area is 140 Å². The number of carbonyl (C=O) groups is 1. The molecule has 7 nitrogen and oxygen atoms in total. The van der Waals surface area contributed by atoms with E-state index < -0.39 is 6.10 Å². The van der Waals surface area contributed by atoms with E-state index in [9.17, 15) is 4.79 Å². The van der Waals surface area contributed by atoms with Crippen molar-refractivity contribution in [2.24, 2.45) is 0 Å². The van der Waals surface area contributed by atoms with Crippen LogP contribution in [0.15, 0.2) is 22.7 Å². The van der Waals surface area contributed by atoms with Crippen LogP contribution in [0, 0.1) is 0 Å². The summed E-state index contributed by atoms with van der Waals surface area (Å²) < 4.78 is 10.9. The van der Waals surface area contributed by atoms with Crippen LogP contribution < -0.4 is 15.4 Å². The molecule has 1 aliphatic heterocycles. The van der Waals surface area contributed by atoms with Crippen molar-refractivity contribution < 1.29 is 14.1 Å². The zero-order valence-corrected chi connectivity index (χ0v) is 14.5. The van der Waals surface area contributed by atoms with Crippen LogP contribution in [0.2, 0.25) is 0 Å². The van der Waals surface area contributed by atoms with Gasteiger partial charge in [0.1, 0.15) is 11.8 Å². The molecule has 2 aromatic rings. The second kappa shape index (κ2) is 5.81. The van der Waals surface area contributed by atoms with Gasteiger partial charge in [-0.25, -0.2) is 0 Å². The van der Waals surface area contributed by atoms with E-state index in [1.54, 1.807) is 6.92 Å². The van der Waals surface area contributed by atoms with Crippen LogP contribution in [0.1, 0.15) is 52.4 Å². The van der Waals surface area contributed by atoms with Crippen LogP contribution in [-0.4, -0.2) is 22.2 Å². The highest BCUT2D eigenvalue weighted by molar-refractivity contribution is 5.98. The van der Waals surface area contributed by atoms with Gasteiger partial charge in [0.25, 0.3) is 5.91 Å². The van der Waals surface area contributed by atoms with Gasteiger partial charge in [0.15, 0.2) is 11.9 Å². The predicted molar refractivity (Wildman–Crippen MR) is 90.2 cm³/mol. The normalized spacial score (nSPS) is 18.4. The fraction of sp³-hybridized carbons (Fsp3) is 0.471. The minimum atomic E-state index is -0.482. The summed E-state index contributed by atoms with van der Waals surface area (Å²) in [7, 11) is 0. The third kappa shape index (κ3) is 3.20. The van der Waals surface area contributed by atoms with Crippen LogP contribution in [-0.2, 0) is 10.2 Å². The molecule has 0 bridgehead atoms. The summed E-state index contributed by atoms with van der Waals surface area (Å²) in [4.78, 5) is 16.2. The van der Waals surface area contributed by atoms with Crippen LogP contribution >= 0.6 is 0 Å². The third-order valence-electron chi connectivity index (χ3n) is 3.78. The highest BCUT2D eigenvalue weighted by Gasteiger charge is 2.25. The predicted octanol–water partition coefficient (Wildman–Crippen LogP) is 3.26. The summed E-state index contributed by atoms with van der Waals surface area (Å²) in [6, 6.07) is 5.39. The number of ether oxygens (including phenoxy) is 1. The van der Waals surface area contributed by atoms with Gasteiger partial charge < -0.3 is 19.9 Å². The van der Waals surface area contributed by atoms with Crippen molar-refractivity contribution in [3.05, 3.63) is 29.9 Å². The summed E-state index contributed by atoms with van der Waals surface area (Å²) in [5.41, 5.74) is 1.32. The number of nitrogens with zero attached hydrogens (tertiary/aromatic N) is 2. The topological polar surface area (TPSA) is 89.3 Å². The number of anilines is 2. The van der Waals surface area contributed by atoms with Crippen molar-refractivity contribution in [1.29, 1.82) is 0 Å². The summed E-state index contributed by atoms with van der Waals surface area (Å²) in [6.45, 7) is 9.76. The Hall–Kier alpha value is -2.57. The van der Waals surface area contributed by atoms with E-state index in [4.69, 9.17) is 9.26 Å². The van der Waals surface area contributed by atoms with Gasteiger partial charge >= 0.3 is 0 Å². The maximum Gasteiger partial charge on any atom is 0.265 e. The number of aromatic nitrogens is 2. The first-order chi connectivity index (χ1) is 11.2. The van der Waals surface area contributed by atoms with E-state index in [0.29, 0.717) is 23.2 Å². The molecule has 0 fully saturated rings. The third-order valence-corrected chi connectivity index (χ3v) is 3.78. The first kappa shape index (κ1) is 16.3. The Morgan fingerprint density at radius 1 is 1.33 bits per heavy atom. The second-order valence-electron chi connectivity index (χ2n) is 7.03. The fourth-order valence-corrected chi connectivity index (χ4v) is 2.33. The van der Waals surface area contributed by atoms with Gasteiger partial charge in [0.2, 0.25) is 5.89 Å². The minimum Gasteiger partial charge on any atom is -0.479 e. The Bertz CT molecular complexity index is 763. The van der Waals surface area contributed by atoms with E-state index in [1.165, 1.54) is 0 Å². The molecule has 3 rings (SSSR count). The van der Waals surface area contributed by atoms with E-state index in [-0.39, 0.29) is 17.4 Å². The summed E-state index contributed by atoms with van der Waals surface area (Å²) >= 11 is 0. The number of hydrogen-bond donors (Lipinski definition) is 2. The SMILES string of the molecule is C[C@H](Nc1ccc2c(c1)NC(=O)[C@@H](C)O2)c1nc(C(C)(C)C)no1. The Balaban J connectivity index is 1.75. The molecule has 1 aromatic heterocycles. The van der Waals surface area contributed by atoms with Crippen molar-refractivity contribution in [2.45, 2.75) is 52.2 Å². The molecule has 0 saturated carbocycles. The van der Waals surface area contributed by atoms with Gasteiger partial charge in [0, 0.05) is 11.1 Å². The van der Waals surface area contributed by atoms with Gasteiger partial charge in [-0.2, -0.15) is 4.98 Å². The van der Waals surface area contributed by atoms with Crippen LogP contribution in [0.5, 0.6) is 5.75 Å². The molecule has 2 N–H and O–H groups in total. The number of fused-ring (bicyclic) bond motifs is 1. The fourth-order valence-electron chi connectivity index (χ4n) is 2.33. The average molecular weight is 330 g/mol. The van der Waals surface area contributed by atoms with Crippen LogP contribution in [0.25, 0.3) is 0 Å². The second-order valence-corrected chi connectivity index (χ2v) is 7.03. The molecular weight excluding hydrogens is 308 g/mol. The monoisotopic (exact) mass is 330 g/mol. The van der Waals surface area contributed by atoms with Crippen molar-refractivity contribution in [1.82, 2.24) is 10.1 Å². The quantitative estimate of drug-likeness (QED) is 0.898. The molecule has 1 aromatic carbocycles. The molecule has 24 heavy (non-hydrogen) atoms. The maximum atomic E-state index is 11.7. The number of nitrogens with one attached hydrogen (secondary N) is 2. The lowest BCUT2D eigenvalue weighted by atomic mass is 9.96. The molecule has 1 amide bonds. The molecule has 128 valence electrons. The van der Waals surface area contributed by atoms with Crippen LogP contribution in [0.3, 0.4) is 0 Å². The van der Waals surface area contributed by atoms with E-state index in [0.717, 1.165) is 5.69 Å². The zero-order valence-electron chi connectivity index (χ0n) is 14.5. The molecule has 2 heterocycles. The molecule has 1 aliphatic rings. The average Bonchev–Trinajstić information content (AvgIpc) is 2.99. The lowest BCUT2D eigenvalue weighted by Crippen LogP contribution is -2.34. The summed E-state index contributed by atoms with van der Waals surface area (Å²) in [5.74, 6) is 1.70. The van der Waals surface area contributed by atoms with E-state index in [1.807, 2.05) is 45.9 Å². The molecule has 0 spiro atoms. The Kier molecular flexibility index (Phi) is 3.95. The first-order valence-electron chi connectivity index (χ1n) is 7.96. The smallest absolute Gasteiger partial charge is 0.265 e. The number of rotatable bonds is 3. The van der Waals surface area contributed by atoms with Gasteiger partial charge in [0.05, 0.1) is 5.69 Å². The highest BCUT2D eigenvalue weighted by Crippen LogP contribution is 2.33. The van der Waals surface area contributed by atoms with Gasteiger partial charge in [-0.05, 0) is 32.0 Å². The minimum absolute atomic E-state index is 0.153. The number of hydrogen-bond acceptors (Lipinski definition) is 6. The molecule has 0 aliphatic carbocycles. The summed E-state index contributed by atoms with van der Waals surface area (Å²) in [6.07, 6.45) is -0.482. The zero-order chi connectivity index (χ0) is 17.5. The van der Waals surface area contributed by atoms with Gasteiger partial charge in [-0.15, -0.1) is 0 Å². The molecule has 0 saturated heterocycles. The number of carbonyl (C=O) groups excluding carboxylic acids is 1. The van der Waals surface area contributed by atoms with Crippen molar-refractivity contribution >= 4 is 17.3 Å². The van der Waals surface area contributed by atoms with Crippen molar-refractivity contribution in [2.75, 3.05) is 10.6 Å². The largest absolute Gasteiger partial charge is 0.479 e. The Morgan fingerprint density at radius 3 is 2.75 bits per heavy atom. The Morgan fingerprint density at radius 2 is 2.08 bits per heavy atom. The van der Waals surface area contributed by atoms with E-state index >= 15 is 0 Å².